The lowest BCUT2D eigenvalue weighted by Crippen LogP contribution is -2.18. The summed E-state index contributed by atoms with van der Waals surface area (Å²) in [5.41, 5.74) is 1.08. The molecule has 0 aliphatic heterocycles. The van der Waals surface area contributed by atoms with Gasteiger partial charge >= 0.3 is 0 Å². The van der Waals surface area contributed by atoms with E-state index in [1.807, 2.05) is 30.7 Å². The van der Waals surface area contributed by atoms with Crippen LogP contribution in [0.4, 0.5) is 5.82 Å². The van der Waals surface area contributed by atoms with Crippen molar-refractivity contribution < 1.29 is 9.90 Å². The molecular weight excluding hydrogens is 266 g/mol. The molecule has 0 atom stereocenters. The topological polar surface area (TPSA) is 67.2 Å². The van der Waals surface area contributed by atoms with E-state index in [1.54, 1.807) is 24.3 Å². The molecule has 0 fully saturated rings. The SMILES string of the molecule is CC(C)n1cccc1C(=O)Nc1cccc(C#CCO)n1. The summed E-state index contributed by atoms with van der Waals surface area (Å²) in [5.74, 6) is 5.44. The molecule has 2 heterocycles. The van der Waals surface area contributed by atoms with Crippen LogP contribution in [0.5, 0.6) is 0 Å². The van der Waals surface area contributed by atoms with Gasteiger partial charge < -0.3 is 15.0 Å². The zero-order chi connectivity index (χ0) is 15.2. The number of aromatic nitrogens is 2. The van der Waals surface area contributed by atoms with Gasteiger partial charge in [0.2, 0.25) is 0 Å². The number of pyridine rings is 1. The van der Waals surface area contributed by atoms with E-state index in [4.69, 9.17) is 5.11 Å². The molecule has 0 saturated carbocycles. The largest absolute Gasteiger partial charge is 0.384 e. The second kappa shape index (κ2) is 6.73. The number of amides is 1. The molecule has 2 rings (SSSR count). The fourth-order valence-electron chi connectivity index (χ4n) is 1.92. The molecule has 2 aromatic heterocycles. The zero-order valence-corrected chi connectivity index (χ0v) is 12.0. The van der Waals surface area contributed by atoms with Gasteiger partial charge in [0.25, 0.3) is 5.91 Å². The molecule has 5 heteroatoms. The summed E-state index contributed by atoms with van der Waals surface area (Å²) in [4.78, 5) is 16.5. The number of aliphatic hydroxyl groups is 1. The minimum atomic E-state index is -0.222. The third kappa shape index (κ3) is 3.71. The molecule has 2 N–H and O–H groups in total. The van der Waals surface area contributed by atoms with E-state index >= 15 is 0 Å². The maximum atomic E-state index is 12.3. The Labute approximate surface area is 123 Å². The molecule has 0 spiro atoms. The highest BCUT2D eigenvalue weighted by Gasteiger charge is 2.13. The minimum Gasteiger partial charge on any atom is -0.384 e. The van der Waals surface area contributed by atoms with Gasteiger partial charge in [-0.1, -0.05) is 12.0 Å². The van der Waals surface area contributed by atoms with E-state index in [2.05, 4.69) is 22.1 Å². The van der Waals surface area contributed by atoms with Crippen molar-refractivity contribution >= 4 is 11.7 Å². The lowest BCUT2D eigenvalue weighted by Gasteiger charge is -2.12. The van der Waals surface area contributed by atoms with E-state index in [0.717, 1.165) is 0 Å². The van der Waals surface area contributed by atoms with E-state index < -0.39 is 0 Å². The molecule has 0 aliphatic carbocycles. The molecule has 5 nitrogen and oxygen atoms in total. The normalized spacial score (nSPS) is 10.1. The molecule has 0 unspecified atom stereocenters. The molecule has 0 aliphatic rings. The summed E-state index contributed by atoms with van der Waals surface area (Å²) in [7, 11) is 0. The number of nitrogens with zero attached hydrogens (tertiary/aromatic N) is 2. The number of anilines is 1. The first-order chi connectivity index (χ1) is 10.1. The Balaban J connectivity index is 2.18. The van der Waals surface area contributed by atoms with E-state index in [1.165, 1.54) is 0 Å². The highest BCUT2D eigenvalue weighted by atomic mass is 16.2. The number of carbonyl (C=O) groups excluding carboxylic acids is 1. The number of aliphatic hydroxyl groups excluding tert-OH is 1. The smallest absolute Gasteiger partial charge is 0.273 e. The Bertz CT molecular complexity index is 693. The zero-order valence-electron chi connectivity index (χ0n) is 12.0. The molecule has 108 valence electrons. The summed E-state index contributed by atoms with van der Waals surface area (Å²) < 4.78 is 1.89. The Morgan fingerprint density at radius 3 is 2.90 bits per heavy atom. The number of nitrogens with one attached hydrogen (secondary N) is 1. The van der Waals surface area contributed by atoms with Gasteiger partial charge in [0, 0.05) is 12.2 Å². The predicted octanol–water partition coefficient (Wildman–Crippen LogP) is 2.06. The second-order valence-electron chi connectivity index (χ2n) is 4.72. The van der Waals surface area contributed by atoms with Gasteiger partial charge in [0.15, 0.2) is 0 Å². The standard InChI is InChI=1S/C16H17N3O2/c1-12(2)19-10-4-8-14(19)16(21)18-15-9-3-6-13(17-15)7-5-11-20/h3-4,6,8-10,12,20H,11H2,1-2H3,(H,17,18,21). The summed E-state index contributed by atoms with van der Waals surface area (Å²) >= 11 is 0. The fourth-order valence-corrected chi connectivity index (χ4v) is 1.92. The predicted molar refractivity (Wildman–Crippen MR) is 81.0 cm³/mol. The maximum absolute atomic E-state index is 12.3. The maximum Gasteiger partial charge on any atom is 0.273 e. The summed E-state index contributed by atoms with van der Waals surface area (Å²) in [5, 5.41) is 11.4. The molecule has 1 amide bonds. The van der Waals surface area contributed by atoms with Crippen molar-refractivity contribution in [1.82, 2.24) is 9.55 Å². The molecule has 0 aromatic carbocycles. The third-order valence-corrected chi connectivity index (χ3v) is 2.85. The van der Waals surface area contributed by atoms with Crippen molar-refractivity contribution in [3.05, 3.63) is 47.9 Å². The van der Waals surface area contributed by atoms with E-state index in [-0.39, 0.29) is 18.6 Å². The number of carbonyl (C=O) groups is 1. The first-order valence-corrected chi connectivity index (χ1v) is 6.67. The average molecular weight is 283 g/mol. The second-order valence-corrected chi connectivity index (χ2v) is 4.72. The Morgan fingerprint density at radius 1 is 1.38 bits per heavy atom. The Morgan fingerprint density at radius 2 is 2.19 bits per heavy atom. The van der Waals surface area contributed by atoms with Gasteiger partial charge in [-0.2, -0.15) is 0 Å². The monoisotopic (exact) mass is 283 g/mol. The number of hydrogen-bond acceptors (Lipinski definition) is 3. The van der Waals surface area contributed by atoms with Crippen molar-refractivity contribution in [2.45, 2.75) is 19.9 Å². The van der Waals surface area contributed by atoms with Crippen LogP contribution in [0.3, 0.4) is 0 Å². The van der Waals surface area contributed by atoms with Gasteiger partial charge in [-0.3, -0.25) is 4.79 Å². The van der Waals surface area contributed by atoms with Crippen LogP contribution in [0.2, 0.25) is 0 Å². The van der Waals surface area contributed by atoms with Gasteiger partial charge in [0.1, 0.15) is 23.8 Å². The van der Waals surface area contributed by atoms with Crippen LogP contribution in [0, 0.1) is 11.8 Å². The van der Waals surface area contributed by atoms with E-state index in [0.29, 0.717) is 17.2 Å². The first kappa shape index (κ1) is 14.8. The van der Waals surface area contributed by atoms with Crippen LogP contribution in [-0.4, -0.2) is 27.2 Å². The highest BCUT2D eigenvalue weighted by Crippen LogP contribution is 2.13. The average Bonchev–Trinajstić information content (AvgIpc) is 2.95. The summed E-state index contributed by atoms with van der Waals surface area (Å²) in [6.45, 7) is 3.81. The summed E-state index contributed by atoms with van der Waals surface area (Å²) in [6, 6.07) is 8.98. The molecule has 21 heavy (non-hydrogen) atoms. The van der Waals surface area contributed by atoms with E-state index in [9.17, 15) is 4.79 Å². The molecule has 0 bridgehead atoms. The van der Waals surface area contributed by atoms with Crippen LogP contribution >= 0.6 is 0 Å². The van der Waals surface area contributed by atoms with Crippen molar-refractivity contribution in [1.29, 1.82) is 0 Å². The Hall–Kier alpha value is -2.58. The van der Waals surface area contributed by atoms with Crippen molar-refractivity contribution in [2.24, 2.45) is 0 Å². The van der Waals surface area contributed by atoms with Gasteiger partial charge in [-0.05, 0) is 44.0 Å². The Kier molecular flexibility index (Phi) is 4.75. The lowest BCUT2D eigenvalue weighted by molar-refractivity contribution is 0.101. The van der Waals surface area contributed by atoms with Crippen LogP contribution < -0.4 is 5.32 Å². The van der Waals surface area contributed by atoms with Crippen molar-refractivity contribution in [3.63, 3.8) is 0 Å². The highest BCUT2D eigenvalue weighted by molar-refractivity contribution is 6.02. The van der Waals surface area contributed by atoms with Crippen LogP contribution in [0.1, 0.15) is 36.1 Å². The fraction of sp³-hybridized carbons (Fsp3) is 0.250. The quantitative estimate of drug-likeness (QED) is 0.847. The summed E-state index contributed by atoms with van der Waals surface area (Å²) in [6.07, 6.45) is 1.87. The van der Waals surface area contributed by atoms with Gasteiger partial charge in [-0.15, -0.1) is 0 Å². The van der Waals surface area contributed by atoms with Crippen molar-refractivity contribution in [2.75, 3.05) is 11.9 Å². The lowest BCUT2D eigenvalue weighted by atomic mass is 10.3. The van der Waals surface area contributed by atoms with Crippen molar-refractivity contribution in [3.8, 4) is 11.8 Å². The molecular formula is C16H17N3O2. The van der Waals surface area contributed by atoms with Crippen LogP contribution in [-0.2, 0) is 0 Å². The van der Waals surface area contributed by atoms with Crippen LogP contribution in [0.15, 0.2) is 36.5 Å². The minimum absolute atomic E-state index is 0.204. The molecule has 0 radical (unpaired) electrons. The number of rotatable bonds is 3. The van der Waals surface area contributed by atoms with Crippen LogP contribution in [0.25, 0.3) is 0 Å². The molecule has 2 aromatic rings. The van der Waals surface area contributed by atoms with Gasteiger partial charge in [0.05, 0.1) is 0 Å². The first-order valence-electron chi connectivity index (χ1n) is 6.67. The number of hydrogen-bond donors (Lipinski definition) is 2. The molecule has 0 saturated heterocycles. The van der Waals surface area contributed by atoms with Gasteiger partial charge in [-0.25, -0.2) is 4.98 Å². The third-order valence-electron chi connectivity index (χ3n) is 2.85.